The van der Waals surface area contributed by atoms with Crippen LogP contribution in [0.5, 0.6) is 5.75 Å². The smallest absolute Gasteiger partial charge is 0.317 e. The second-order valence-electron chi connectivity index (χ2n) is 4.68. The van der Waals surface area contributed by atoms with Crippen molar-refractivity contribution in [2.75, 3.05) is 13.7 Å². The van der Waals surface area contributed by atoms with E-state index in [1.54, 1.807) is 31.2 Å². The number of methoxy groups -OCH3 is 1. The first kappa shape index (κ1) is 16.0. The highest BCUT2D eigenvalue weighted by Crippen LogP contribution is 2.31. The molecule has 1 unspecified atom stereocenters. The molecule has 5 heteroatoms. The molecule has 0 radical (unpaired) electrons. The highest BCUT2D eigenvalue weighted by Gasteiger charge is 2.38. The minimum Gasteiger partial charge on any atom is -0.508 e. The topological polar surface area (TPSA) is 67.8 Å². The van der Waals surface area contributed by atoms with E-state index >= 15 is 0 Å². The van der Waals surface area contributed by atoms with E-state index in [0.29, 0.717) is 18.7 Å². The predicted molar refractivity (Wildman–Crippen MR) is 75.8 cm³/mol. The second-order valence-corrected chi connectivity index (χ2v) is 4.68. The van der Waals surface area contributed by atoms with Crippen LogP contribution in [0.3, 0.4) is 0 Å². The SMILES string of the molecule is C=C(NOCC)C(C)(Cc1ccc(O)cc1)C(=O)OC. The predicted octanol–water partition coefficient (Wildman–Crippen LogP) is 2.17. The third kappa shape index (κ3) is 3.74. The van der Waals surface area contributed by atoms with E-state index in [-0.39, 0.29) is 5.75 Å². The number of hydrogen-bond donors (Lipinski definition) is 2. The maximum atomic E-state index is 12.1. The first-order chi connectivity index (χ1) is 9.43. The average molecular weight is 279 g/mol. The summed E-state index contributed by atoms with van der Waals surface area (Å²) < 4.78 is 4.87. The largest absolute Gasteiger partial charge is 0.508 e. The standard InChI is InChI=1S/C15H21NO4/c1-5-20-16-11(2)15(3,14(18)19-4)10-12-6-8-13(17)9-7-12/h6-9,16-17H,2,5,10H2,1,3-4H3. The lowest BCUT2D eigenvalue weighted by Gasteiger charge is -2.29. The number of benzene rings is 1. The molecule has 0 heterocycles. The fraction of sp³-hybridized carbons (Fsp3) is 0.400. The van der Waals surface area contributed by atoms with Crippen LogP contribution >= 0.6 is 0 Å². The fourth-order valence-electron chi connectivity index (χ4n) is 1.82. The summed E-state index contributed by atoms with van der Waals surface area (Å²) in [5.41, 5.74) is 3.03. The normalized spacial score (nSPS) is 13.3. The fourth-order valence-corrected chi connectivity index (χ4v) is 1.82. The summed E-state index contributed by atoms with van der Waals surface area (Å²) in [6.45, 7) is 7.88. The van der Waals surface area contributed by atoms with E-state index in [1.165, 1.54) is 7.11 Å². The summed E-state index contributed by atoms with van der Waals surface area (Å²) in [5.74, 6) is -0.220. The van der Waals surface area contributed by atoms with Crippen molar-refractivity contribution in [3.05, 3.63) is 42.1 Å². The number of phenolic OH excluding ortho intramolecular Hbond substituents is 1. The van der Waals surface area contributed by atoms with E-state index in [2.05, 4.69) is 12.1 Å². The van der Waals surface area contributed by atoms with Crippen molar-refractivity contribution in [3.8, 4) is 5.75 Å². The van der Waals surface area contributed by atoms with E-state index in [4.69, 9.17) is 9.57 Å². The van der Waals surface area contributed by atoms with Crippen molar-refractivity contribution in [1.29, 1.82) is 0 Å². The van der Waals surface area contributed by atoms with Crippen molar-refractivity contribution < 1.29 is 19.5 Å². The van der Waals surface area contributed by atoms with Gasteiger partial charge in [-0.1, -0.05) is 18.7 Å². The quantitative estimate of drug-likeness (QED) is 0.591. The lowest BCUT2D eigenvalue weighted by atomic mass is 9.81. The third-order valence-electron chi connectivity index (χ3n) is 3.14. The van der Waals surface area contributed by atoms with E-state index in [1.807, 2.05) is 6.92 Å². The molecule has 0 spiro atoms. The molecule has 0 aliphatic rings. The van der Waals surface area contributed by atoms with Crippen LogP contribution in [0.15, 0.2) is 36.5 Å². The Bertz CT molecular complexity index is 469. The maximum absolute atomic E-state index is 12.1. The number of esters is 1. The number of carbonyl (C=O) groups excluding carboxylic acids is 1. The van der Waals surface area contributed by atoms with Crippen LogP contribution in [0.25, 0.3) is 0 Å². The van der Waals surface area contributed by atoms with Crippen molar-refractivity contribution in [2.24, 2.45) is 5.41 Å². The molecule has 0 aliphatic heterocycles. The molecule has 1 aromatic rings. The number of hydroxylamine groups is 1. The zero-order chi connectivity index (χ0) is 15.2. The summed E-state index contributed by atoms with van der Waals surface area (Å²) in [6.07, 6.45) is 0.388. The molecule has 0 bridgehead atoms. The Labute approximate surface area is 119 Å². The van der Waals surface area contributed by atoms with Crippen molar-refractivity contribution in [2.45, 2.75) is 20.3 Å². The Balaban J connectivity index is 2.96. The number of nitrogens with one attached hydrogen (secondary N) is 1. The summed E-state index contributed by atoms with van der Waals surface area (Å²) in [4.78, 5) is 17.2. The van der Waals surface area contributed by atoms with Gasteiger partial charge in [-0.15, -0.1) is 0 Å². The first-order valence-electron chi connectivity index (χ1n) is 6.37. The van der Waals surface area contributed by atoms with Gasteiger partial charge in [-0.05, 0) is 38.0 Å². The number of ether oxygens (including phenoxy) is 1. The van der Waals surface area contributed by atoms with E-state index in [9.17, 15) is 9.90 Å². The molecule has 1 aromatic carbocycles. The van der Waals surface area contributed by atoms with Crippen molar-refractivity contribution in [1.82, 2.24) is 5.48 Å². The Morgan fingerprint density at radius 3 is 2.50 bits per heavy atom. The maximum Gasteiger partial charge on any atom is 0.317 e. The molecule has 2 N–H and O–H groups in total. The first-order valence-corrected chi connectivity index (χ1v) is 6.37. The van der Waals surface area contributed by atoms with Gasteiger partial charge >= 0.3 is 5.97 Å². The van der Waals surface area contributed by atoms with Gasteiger partial charge in [-0.3, -0.25) is 15.1 Å². The molecular weight excluding hydrogens is 258 g/mol. The molecule has 110 valence electrons. The molecule has 5 nitrogen and oxygen atoms in total. The molecule has 1 rings (SSSR count). The zero-order valence-corrected chi connectivity index (χ0v) is 12.1. The Morgan fingerprint density at radius 1 is 1.40 bits per heavy atom. The molecule has 0 aliphatic carbocycles. The van der Waals surface area contributed by atoms with Gasteiger partial charge in [-0.25, -0.2) is 0 Å². The van der Waals surface area contributed by atoms with Gasteiger partial charge < -0.3 is 9.84 Å². The zero-order valence-electron chi connectivity index (χ0n) is 12.1. The highest BCUT2D eigenvalue weighted by atomic mass is 16.6. The van der Waals surface area contributed by atoms with Crippen LogP contribution in [-0.4, -0.2) is 24.8 Å². The Morgan fingerprint density at radius 2 is 2.00 bits per heavy atom. The third-order valence-corrected chi connectivity index (χ3v) is 3.14. The number of rotatable bonds is 7. The van der Waals surface area contributed by atoms with Gasteiger partial charge in [0.05, 0.1) is 13.7 Å². The summed E-state index contributed by atoms with van der Waals surface area (Å²) in [7, 11) is 1.34. The van der Waals surface area contributed by atoms with Crippen LogP contribution in [-0.2, 0) is 20.8 Å². The molecule has 20 heavy (non-hydrogen) atoms. The molecular formula is C15H21NO4. The van der Waals surface area contributed by atoms with Gasteiger partial charge in [0.25, 0.3) is 0 Å². The average Bonchev–Trinajstić information content (AvgIpc) is 2.45. The Hall–Kier alpha value is -2.01. The lowest BCUT2D eigenvalue weighted by molar-refractivity contribution is -0.150. The molecule has 0 amide bonds. The minimum atomic E-state index is -0.957. The van der Waals surface area contributed by atoms with Gasteiger partial charge in [0.2, 0.25) is 0 Å². The molecule has 0 fully saturated rings. The van der Waals surface area contributed by atoms with E-state index < -0.39 is 11.4 Å². The minimum absolute atomic E-state index is 0.180. The number of phenols is 1. The molecule has 0 saturated carbocycles. The highest BCUT2D eigenvalue weighted by molar-refractivity contribution is 5.80. The van der Waals surface area contributed by atoms with Crippen LogP contribution in [0, 0.1) is 5.41 Å². The van der Waals surface area contributed by atoms with Gasteiger partial charge in [0.15, 0.2) is 0 Å². The summed E-state index contributed by atoms with van der Waals surface area (Å²) in [6, 6.07) is 6.66. The number of carbonyl (C=O) groups is 1. The van der Waals surface area contributed by atoms with Crippen molar-refractivity contribution in [3.63, 3.8) is 0 Å². The molecule has 1 atom stereocenters. The van der Waals surface area contributed by atoms with Crippen LogP contribution < -0.4 is 5.48 Å². The van der Waals surface area contributed by atoms with Crippen LogP contribution in [0.4, 0.5) is 0 Å². The second kappa shape index (κ2) is 6.96. The van der Waals surface area contributed by atoms with Crippen LogP contribution in [0.1, 0.15) is 19.4 Å². The molecule has 0 saturated heterocycles. The number of hydrogen-bond acceptors (Lipinski definition) is 5. The molecule has 0 aromatic heterocycles. The monoisotopic (exact) mass is 279 g/mol. The lowest BCUT2D eigenvalue weighted by Crippen LogP contribution is -2.38. The van der Waals surface area contributed by atoms with Gasteiger partial charge in [0.1, 0.15) is 11.2 Å². The summed E-state index contributed by atoms with van der Waals surface area (Å²) in [5, 5.41) is 9.29. The van der Waals surface area contributed by atoms with Gasteiger partial charge in [-0.2, -0.15) is 0 Å². The van der Waals surface area contributed by atoms with Gasteiger partial charge in [0, 0.05) is 5.70 Å². The number of aromatic hydroxyl groups is 1. The van der Waals surface area contributed by atoms with Crippen molar-refractivity contribution >= 4 is 5.97 Å². The Kier molecular flexibility index (Phi) is 5.58. The van der Waals surface area contributed by atoms with E-state index in [0.717, 1.165) is 5.56 Å². The summed E-state index contributed by atoms with van der Waals surface area (Å²) >= 11 is 0. The van der Waals surface area contributed by atoms with Crippen LogP contribution in [0.2, 0.25) is 0 Å².